The van der Waals surface area contributed by atoms with E-state index in [2.05, 4.69) is 31.9 Å². The normalized spacial score (nSPS) is 10.3. The molecule has 0 spiro atoms. The summed E-state index contributed by atoms with van der Waals surface area (Å²) in [7, 11) is 1.66. The van der Waals surface area contributed by atoms with E-state index >= 15 is 0 Å². The average Bonchev–Trinajstić information content (AvgIpc) is 2.45. The quantitative estimate of drug-likeness (QED) is 0.679. The van der Waals surface area contributed by atoms with Crippen molar-refractivity contribution >= 4 is 31.9 Å². The summed E-state index contributed by atoms with van der Waals surface area (Å²) >= 11 is 7.00. The summed E-state index contributed by atoms with van der Waals surface area (Å²) in [6.45, 7) is 0.542. The van der Waals surface area contributed by atoms with E-state index in [4.69, 9.17) is 9.47 Å². The third-order valence-corrected chi connectivity index (χ3v) is 4.07. The lowest BCUT2D eigenvalue weighted by Crippen LogP contribution is -1.98. The molecular weight excluding hydrogens is 372 g/mol. The Morgan fingerprint density at radius 2 is 1.79 bits per heavy atom. The molecule has 0 saturated heterocycles. The first-order chi connectivity index (χ1) is 9.24. The van der Waals surface area contributed by atoms with Gasteiger partial charge >= 0.3 is 0 Å². The van der Waals surface area contributed by atoms with Crippen molar-refractivity contribution in [2.75, 3.05) is 7.11 Å². The first-order valence-electron chi connectivity index (χ1n) is 5.83. The summed E-state index contributed by atoms with van der Waals surface area (Å²) < 4.78 is 12.1. The number of hydrogen-bond acceptors (Lipinski definition) is 2. The lowest BCUT2D eigenvalue weighted by Gasteiger charge is -2.11. The van der Waals surface area contributed by atoms with Gasteiger partial charge in [-0.3, -0.25) is 0 Å². The van der Waals surface area contributed by atoms with Crippen LogP contribution in [-0.2, 0) is 11.9 Å². The van der Waals surface area contributed by atoms with Gasteiger partial charge in [0.2, 0.25) is 0 Å². The second kappa shape index (κ2) is 6.96. The largest absolute Gasteiger partial charge is 0.497 e. The number of methoxy groups -OCH3 is 1. The number of benzene rings is 2. The van der Waals surface area contributed by atoms with E-state index in [1.165, 1.54) is 0 Å². The molecule has 0 aromatic heterocycles. The van der Waals surface area contributed by atoms with Crippen molar-refractivity contribution in [1.82, 2.24) is 0 Å². The molecule has 0 aliphatic carbocycles. The Balaban J connectivity index is 2.07. The van der Waals surface area contributed by atoms with E-state index in [0.29, 0.717) is 6.61 Å². The van der Waals surface area contributed by atoms with Gasteiger partial charge < -0.3 is 9.47 Å². The Morgan fingerprint density at radius 3 is 2.42 bits per heavy atom. The predicted molar refractivity (Wildman–Crippen MR) is 84.1 cm³/mol. The summed E-state index contributed by atoms with van der Waals surface area (Å²) in [5, 5.41) is 0.756. The topological polar surface area (TPSA) is 18.5 Å². The fraction of sp³-hybridized carbons (Fsp3) is 0.200. The van der Waals surface area contributed by atoms with E-state index < -0.39 is 0 Å². The van der Waals surface area contributed by atoms with Crippen LogP contribution < -0.4 is 9.47 Å². The SMILES string of the molecule is COc1ccc(COc2cccc(Br)c2CBr)cc1. The van der Waals surface area contributed by atoms with Crippen LogP contribution in [-0.4, -0.2) is 7.11 Å². The highest BCUT2D eigenvalue weighted by molar-refractivity contribution is 9.10. The van der Waals surface area contributed by atoms with Gasteiger partial charge in [0.15, 0.2) is 0 Å². The van der Waals surface area contributed by atoms with E-state index in [-0.39, 0.29) is 0 Å². The zero-order valence-electron chi connectivity index (χ0n) is 10.5. The molecule has 0 heterocycles. The average molecular weight is 386 g/mol. The van der Waals surface area contributed by atoms with Crippen molar-refractivity contribution in [3.8, 4) is 11.5 Å². The highest BCUT2D eigenvalue weighted by Gasteiger charge is 2.06. The smallest absolute Gasteiger partial charge is 0.124 e. The molecule has 2 nitrogen and oxygen atoms in total. The maximum absolute atomic E-state index is 5.87. The number of ether oxygens (including phenoxy) is 2. The van der Waals surface area contributed by atoms with Gasteiger partial charge in [-0.1, -0.05) is 50.1 Å². The predicted octanol–water partition coefficient (Wildman–Crippen LogP) is 4.93. The zero-order chi connectivity index (χ0) is 13.7. The molecule has 2 aromatic rings. The van der Waals surface area contributed by atoms with Crippen LogP contribution in [0.2, 0.25) is 0 Å². The van der Waals surface area contributed by atoms with Gasteiger partial charge in [0.1, 0.15) is 18.1 Å². The van der Waals surface area contributed by atoms with E-state index in [9.17, 15) is 0 Å². The summed E-state index contributed by atoms with van der Waals surface area (Å²) in [5.74, 6) is 1.74. The van der Waals surface area contributed by atoms with Crippen LogP contribution in [0.4, 0.5) is 0 Å². The van der Waals surface area contributed by atoms with Crippen LogP contribution in [0.5, 0.6) is 11.5 Å². The van der Waals surface area contributed by atoms with Gasteiger partial charge in [0, 0.05) is 15.4 Å². The molecule has 0 saturated carbocycles. The van der Waals surface area contributed by atoms with Crippen molar-refractivity contribution < 1.29 is 9.47 Å². The standard InChI is InChI=1S/C15H14Br2O2/c1-18-12-7-5-11(6-8-12)10-19-15-4-2-3-14(17)13(15)9-16/h2-8H,9-10H2,1H3. The van der Waals surface area contributed by atoms with Gasteiger partial charge in [0.05, 0.1) is 7.11 Å². The maximum atomic E-state index is 5.87. The van der Waals surface area contributed by atoms with Crippen LogP contribution >= 0.6 is 31.9 Å². The van der Waals surface area contributed by atoms with Gasteiger partial charge in [0.25, 0.3) is 0 Å². The van der Waals surface area contributed by atoms with Crippen molar-refractivity contribution in [3.63, 3.8) is 0 Å². The summed E-state index contributed by atoms with van der Waals surface area (Å²) in [6.07, 6.45) is 0. The molecule has 2 rings (SSSR count). The molecule has 0 fully saturated rings. The Bertz CT molecular complexity index is 538. The Labute approximate surface area is 130 Å². The van der Waals surface area contributed by atoms with Crippen LogP contribution in [0.1, 0.15) is 11.1 Å². The van der Waals surface area contributed by atoms with Crippen LogP contribution in [0.25, 0.3) is 0 Å². The molecule has 0 unspecified atom stereocenters. The highest BCUT2D eigenvalue weighted by Crippen LogP contribution is 2.29. The van der Waals surface area contributed by atoms with Gasteiger partial charge in [-0.05, 0) is 29.8 Å². The first kappa shape index (κ1) is 14.4. The Kier molecular flexibility index (Phi) is 5.28. The molecule has 0 bridgehead atoms. The molecule has 0 atom stereocenters. The molecule has 19 heavy (non-hydrogen) atoms. The van der Waals surface area contributed by atoms with Crippen molar-refractivity contribution in [3.05, 3.63) is 58.1 Å². The second-order valence-corrected chi connectivity index (χ2v) is 5.40. The zero-order valence-corrected chi connectivity index (χ0v) is 13.7. The minimum atomic E-state index is 0.542. The Hall–Kier alpha value is -1.000. The van der Waals surface area contributed by atoms with E-state index in [1.54, 1.807) is 7.11 Å². The lowest BCUT2D eigenvalue weighted by atomic mass is 10.2. The first-order valence-corrected chi connectivity index (χ1v) is 7.75. The molecule has 0 radical (unpaired) electrons. The molecule has 0 N–H and O–H groups in total. The minimum absolute atomic E-state index is 0.542. The van der Waals surface area contributed by atoms with Gasteiger partial charge in [-0.25, -0.2) is 0 Å². The number of alkyl halides is 1. The number of rotatable bonds is 5. The second-order valence-electron chi connectivity index (χ2n) is 3.99. The summed E-state index contributed by atoms with van der Waals surface area (Å²) in [6, 6.07) is 13.8. The van der Waals surface area contributed by atoms with E-state index in [0.717, 1.165) is 32.4 Å². The van der Waals surface area contributed by atoms with Crippen LogP contribution in [0.15, 0.2) is 46.9 Å². The van der Waals surface area contributed by atoms with Gasteiger partial charge in [-0.15, -0.1) is 0 Å². The van der Waals surface area contributed by atoms with Crippen LogP contribution in [0.3, 0.4) is 0 Å². The minimum Gasteiger partial charge on any atom is -0.497 e. The Morgan fingerprint density at radius 1 is 1.05 bits per heavy atom. The fourth-order valence-corrected chi connectivity index (χ4v) is 3.13. The number of hydrogen-bond donors (Lipinski definition) is 0. The third kappa shape index (κ3) is 3.74. The van der Waals surface area contributed by atoms with Crippen molar-refractivity contribution in [1.29, 1.82) is 0 Å². The van der Waals surface area contributed by atoms with Crippen molar-refractivity contribution in [2.24, 2.45) is 0 Å². The van der Waals surface area contributed by atoms with Crippen LogP contribution in [0, 0.1) is 0 Å². The molecule has 0 aliphatic rings. The lowest BCUT2D eigenvalue weighted by molar-refractivity contribution is 0.303. The molecule has 2 aromatic carbocycles. The molecular formula is C15H14Br2O2. The molecule has 100 valence electrons. The molecule has 0 aliphatic heterocycles. The molecule has 0 amide bonds. The third-order valence-electron chi connectivity index (χ3n) is 2.76. The maximum Gasteiger partial charge on any atom is 0.124 e. The van der Waals surface area contributed by atoms with Gasteiger partial charge in [-0.2, -0.15) is 0 Å². The summed E-state index contributed by atoms with van der Waals surface area (Å²) in [4.78, 5) is 0. The monoisotopic (exact) mass is 384 g/mol. The summed E-state index contributed by atoms with van der Waals surface area (Å²) in [5.41, 5.74) is 2.23. The van der Waals surface area contributed by atoms with Crippen molar-refractivity contribution in [2.45, 2.75) is 11.9 Å². The molecule has 4 heteroatoms. The fourth-order valence-electron chi connectivity index (χ4n) is 1.69. The number of halogens is 2. The van der Waals surface area contributed by atoms with E-state index in [1.807, 2.05) is 42.5 Å². The highest BCUT2D eigenvalue weighted by atomic mass is 79.9.